The first-order valence-corrected chi connectivity index (χ1v) is 6.17. The predicted molar refractivity (Wildman–Crippen MR) is 78.0 cm³/mol. The van der Waals surface area contributed by atoms with E-state index in [9.17, 15) is 9.59 Å². The molecule has 0 bridgehead atoms. The minimum Gasteiger partial charge on any atom is -0.497 e. The van der Waals surface area contributed by atoms with Crippen molar-refractivity contribution in [3.63, 3.8) is 0 Å². The molecule has 0 aliphatic heterocycles. The monoisotopic (exact) mass is 293 g/mol. The molecule has 0 saturated carbocycles. The molecule has 0 N–H and O–H groups in total. The van der Waals surface area contributed by atoms with Crippen LogP contribution in [0.4, 0.5) is 0 Å². The van der Waals surface area contributed by atoms with Crippen molar-refractivity contribution in [3.8, 4) is 5.75 Å². The van der Waals surface area contributed by atoms with Crippen LogP contribution >= 0.6 is 0 Å². The topological polar surface area (TPSA) is 65.1 Å². The van der Waals surface area contributed by atoms with E-state index in [-0.39, 0.29) is 11.1 Å². The summed E-state index contributed by atoms with van der Waals surface area (Å²) in [7, 11) is 7.59. The molecule has 0 aromatic heterocycles. The average molecular weight is 293 g/mol. The van der Waals surface area contributed by atoms with Crippen LogP contribution in [-0.4, -0.2) is 52.3 Å². The number of esters is 2. The van der Waals surface area contributed by atoms with Crippen LogP contribution in [0.25, 0.3) is 5.57 Å². The third-order valence-electron chi connectivity index (χ3n) is 2.71. The van der Waals surface area contributed by atoms with Gasteiger partial charge in [0.15, 0.2) is 0 Å². The van der Waals surface area contributed by atoms with Gasteiger partial charge in [-0.05, 0) is 18.2 Å². The van der Waals surface area contributed by atoms with Gasteiger partial charge in [-0.15, -0.1) is 0 Å². The highest BCUT2D eigenvalue weighted by molar-refractivity contribution is 6.18. The summed E-state index contributed by atoms with van der Waals surface area (Å²) in [5.74, 6) is -0.607. The largest absolute Gasteiger partial charge is 0.497 e. The quantitative estimate of drug-likeness (QED) is 0.606. The van der Waals surface area contributed by atoms with Gasteiger partial charge in [0.1, 0.15) is 5.75 Å². The Kier molecular flexibility index (Phi) is 5.78. The van der Waals surface area contributed by atoms with Crippen molar-refractivity contribution in [3.05, 3.63) is 35.5 Å². The van der Waals surface area contributed by atoms with Crippen molar-refractivity contribution in [2.45, 2.75) is 0 Å². The zero-order chi connectivity index (χ0) is 16.0. The number of carbonyl (C=O) groups excluding carboxylic acids is 2. The molecule has 21 heavy (non-hydrogen) atoms. The second-order valence-electron chi connectivity index (χ2n) is 4.40. The smallest absolute Gasteiger partial charge is 0.339 e. The van der Waals surface area contributed by atoms with Crippen LogP contribution in [0.5, 0.6) is 5.75 Å². The number of methoxy groups -OCH3 is 3. The molecular weight excluding hydrogens is 274 g/mol. The van der Waals surface area contributed by atoms with E-state index in [0.29, 0.717) is 11.3 Å². The molecule has 114 valence electrons. The molecule has 0 unspecified atom stereocenters. The summed E-state index contributed by atoms with van der Waals surface area (Å²) in [6, 6.07) is 4.80. The van der Waals surface area contributed by atoms with Crippen molar-refractivity contribution >= 4 is 17.5 Å². The molecule has 0 atom stereocenters. The Morgan fingerprint density at radius 1 is 1.05 bits per heavy atom. The number of benzene rings is 1. The Morgan fingerprint density at radius 2 is 1.71 bits per heavy atom. The van der Waals surface area contributed by atoms with Gasteiger partial charge >= 0.3 is 11.9 Å². The molecular formula is C15H19NO5. The van der Waals surface area contributed by atoms with Gasteiger partial charge in [-0.2, -0.15) is 0 Å². The highest BCUT2D eigenvalue weighted by Gasteiger charge is 2.21. The van der Waals surface area contributed by atoms with Crippen LogP contribution in [0.1, 0.15) is 15.9 Å². The molecule has 0 fully saturated rings. The van der Waals surface area contributed by atoms with E-state index in [0.717, 1.165) is 0 Å². The molecule has 0 amide bonds. The van der Waals surface area contributed by atoms with Crippen LogP contribution in [0, 0.1) is 0 Å². The van der Waals surface area contributed by atoms with Crippen molar-refractivity contribution in [2.75, 3.05) is 35.4 Å². The molecule has 1 aromatic rings. The van der Waals surface area contributed by atoms with Crippen molar-refractivity contribution < 1.29 is 23.8 Å². The number of nitrogens with zero attached hydrogens (tertiary/aromatic N) is 1. The summed E-state index contributed by atoms with van der Waals surface area (Å²) < 4.78 is 14.6. The Bertz CT molecular complexity index is 563. The Morgan fingerprint density at radius 3 is 2.19 bits per heavy atom. The van der Waals surface area contributed by atoms with Gasteiger partial charge in [-0.25, -0.2) is 9.59 Å². The fourth-order valence-corrected chi connectivity index (χ4v) is 1.76. The molecule has 0 aliphatic rings. The second-order valence-corrected chi connectivity index (χ2v) is 4.40. The summed E-state index contributed by atoms with van der Waals surface area (Å²) in [4.78, 5) is 25.6. The predicted octanol–water partition coefficient (Wildman–Crippen LogP) is 1.56. The van der Waals surface area contributed by atoms with Crippen molar-refractivity contribution in [2.24, 2.45) is 0 Å². The standard InChI is InChI=1S/C15H19NO5/c1-16(2)9-13(15(18)21-5)11-7-6-10(19-3)8-12(11)14(17)20-4/h6-9H,1-5H3. The zero-order valence-corrected chi connectivity index (χ0v) is 12.8. The van der Waals surface area contributed by atoms with Gasteiger partial charge in [0.2, 0.25) is 0 Å². The minimum absolute atomic E-state index is 0.232. The van der Waals surface area contributed by atoms with Crippen LogP contribution in [0.2, 0.25) is 0 Å². The van der Waals surface area contributed by atoms with Crippen LogP contribution < -0.4 is 4.74 Å². The fourth-order valence-electron chi connectivity index (χ4n) is 1.76. The molecule has 1 rings (SSSR count). The van der Waals surface area contributed by atoms with E-state index in [1.165, 1.54) is 27.4 Å². The van der Waals surface area contributed by atoms with E-state index < -0.39 is 11.9 Å². The molecule has 1 aromatic carbocycles. The van der Waals surface area contributed by atoms with Crippen LogP contribution in [-0.2, 0) is 14.3 Å². The first kappa shape index (κ1) is 16.6. The number of hydrogen-bond acceptors (Lipinski definition) is 6. The first-order valence-electron chi connectivity index (χ1n) is 6.17. The third-order valence-corrected chi connectivity index (χ3v) is 2.71. The lowest BCUT2D eigenvalue weighted by atomic mass is 9.99. The normalized spacial score (nSPS) is 10.8. The van der Waals surface area contributed by atoms with Gasteiger partial charge in [-0.1, -0.05) is 0 Å². The van der Waals surface area contributed by atoms with Gasteiger partial charge in [0, 0.05) is 25.9 Å². The van der Waals surface area contributed by atoms with Gasteiger partial charge in [0.05, 0.1) is 32.5 Å². The van der Waals surface area contributed by atoms with Crippen LogP contribution in [0.15, 0.2) is 24.4 Å². The van der Waals surface area contributed by atoms with E-state index in [4.69, 9.17) is 14.2 Å². The highest BCUT2D eigenvalue weighted by Crippen LogP contribution is 2.26. The lowest BCUT2D eigenvalue weighted by molar-refractivity contribution is -0.133. The molecule has 6 heteroatoms. The van der Waals surface area contributed by atoms with E-state index in [1.54, 1.807) is 37.3 Å². The SMILES string of the molecule is COC(=O)C(=CN(C)C)c1ccc(OC)cc1C(=O)OC. The molecule has 0 heterocycles. The van der Waals surface area contributed by atoms with Crippen molar-refractivity contribution in [1.29, 1.82) is 0 Å². The number of ether oxygens (including phenoxy) is 3. The van der Waals surface area contributed by atoms with E-state index in [1.807, 2.05) is 0 Å². The summed E-state index contributed by atoms with van der Waals surface area (Å²) in [5, 5.41) is 0. The van der Waals surface area contributed by atoms with E-state index in [2.05, 4.69) is 0 Å². The maximum Gasteiger partial charge on any atom is 0.339 e. The maximum absolute atomic E-state index is 12.0. The lowest BCUT2D eigenvalue weighted by Crippen LogP contribution is -2.14. The van der Waals surface area contributed by atoms with Gasteiger partial charge in [-0.3, -0.25) is 0 Å². The molecule has 0 aliphatic carbocycles. The molecule has 0 radical (unpaired) electrons. The average Bonchev–Trinajstić information content (AvgIpc) is 2.50. The lowest BCUT2D eigenvalue weighted by Gasteiger charge is -2.14. The minimum atomic E-state index is -0.558. The molecule has 0 spiro atoms. The fraction of sp³-hybridized carbons (Fsp3) is 0.333. The Balaban J connectivity index is 3.50. The van der Waals surface area contributed by atoms with Crippen LogP contribution in [0.3, 0.4) is 0 Å². The Labute approximate surface area is 123 Å². The molecule has 0 saturated heterocycles. The van der Waals surface area contributed by atoms with E-state index >= 15 is 0 Å². The molecule has 6 nitrogen and oxygen atoms in total. The van der Waals surface area contributed by atoms with Crippen molar-refractivity contribution in [1.82, 2.24) is 4.90 Å². The third kappa shape index (κ3) is 3.98. The number of hydrogen-bond donors (Lipinski definition) is 0. The summed E-state index contributed by atoms with van der Waals surface area (Å²) in [6.07, 6.45) is 1.58. The summed E-state index contributed by atoms with van der Waals surface area (Å²) in [5.41, 5.74) is 0.907. The summed E-state index contributed by atoms with van der Waals surface area (Å²) in [6.45, 7) is 0. The maximum atomic E-state index is 12.0. The summed E-state index contributed by atoms with van der Waals surface area (Å²) >= 11 is 0. The number of carbonyl (C=O) groups is 2. The number of rotatable bonds is 5. The zero-order valence-electron chi connectivity index (χ0n) is 12.8. The Hall–Kier alpha value is -2.50. The highest BCUT2D eigenvalue weighted by atomic mass is 16.5. The van der Waals surface area contributed by atoms with Gasteiger partial charge < -0.3 is 19.1 Å². The second kappa shape index (κ2) is 7.33. The van der Waals surface area contributed by atoms with Gasteiger partial charge in [0.25, 0.3) is 0 Å². The first-order chi connectivity index (χ1) is 9.94.